The van der Waals surface area contributed by atoms with Gasteiger partial charge in [-0.15, -0.1) is 0 Å². The molecule has 2 aromatic rings. The van der Waals surface area contributed by atoms with Crippen molar-refractivity contribution in [2.75, 3.05) is 11.4 Å². The molecule has 1 atom stereocenters. The van der Waals surface area contributed by atoms with Gasteiger partial charge in [0.1, 0.15) is 5.75 Å². The smallest absolute Gasteiger partial charge is 0.316 e. The van der Waals surface area contributed by atoms with E-state index in [1.54, 1.807) is 4.90 Å². The molecule has 1 aliphatic heterocycles. The van der Waals surface area contributed by atoms with Gasteiger partial charge in [-0.25, -0.2) is 0 Å². The number of ether oxygens (including phenoxy) is 1. The number of para-hydroxylation sites is 1. The molecule has 0 bridgehead atoms. The van der Waals surface area contributed by atoms with E-state index in [9.17, 15) is 9.59 Å². The molecule has 0 N–H and O–H groups in total. The van der Waals surface area contributed by atoms with Gasteiger partial charge >= 0.3 is 5.97 Å². The van der Waals surface area contributed by atoms with E-state index >= 15 is 0 Å². The molecule has 1 heterocycles. The first kappa shape index (κ1) is 17.2. The second-order valence-corrected chi connectivity index (χ2v) is 6.57. The summed E-state index contributed by atoms with van der Waals surface area (Å²) in [7, 11) is 0. The number of benzene rings is 2. The predicted octanol–water partition coefficient (Wildman–Crippen LogP) is 3.82. The van der Waals surface area contributed by atoms with Crippen LogP contribution in [0, 0.1) is 19.8 Å². The molecule has 1 amide bonds. The van der Waals surface area contributed by atoms with Crippen molar-refractivity contribution in [2.45, 2.75) is 33.6 Å². The van der Waals surface area contributed by atoms with E-state index in [2.05, 4.69) is 6.92 Å². The minimum Gasteiger partial charge on any atom is -0.426 e. The largest absolute Gasteiger partial charge is 0.426 e. The lowest BCUT2D eigenvalue weighted by molar-refractivity contribution is -0.139. The van der Waals surface area contributed by atoms with Gasteiger partial charge in [0.2, 0.25) is 5.91 Å². The Bertz CT molecular complexity index is 775. The van der Waals surface area contributed by atoms with Crippen molar-refractivity contribution in [3.05, 3.63) is 59.2 Å². The van der Waals surface area contributed by atoms with Gasteiger partial charge in [0.05, 0.1) is 5.92 Å². The van der Waals surface area contributed by atoms with Crippen molar-refractivity contribution in [1.82, 2.24) is 0 Å². The normalized spacial score (nSPS) is 17.0. The third-order valence-electron chi connectivity index (χ3n) is 4.73. The highest BCUT2D eigenvalue weighted by Crippen LogP contribution is 2.28. The van der Waals surface area contributed by atoms with Crippen LogP contribution in [0.25, 0.3) is 0 Å². The van der Waals surface area contributed by atoms with E-state index < -0.39 is 5.92 Å². The number of hydrogen-bond acceptors (Lipinski definition) is 3. The van der Waals surface area contributed by atoms with Crippen molar-refractivity contribution in [2.24, 2.45) is 5.92 Å². The van der Waals surface area contributed by atoms with E-state index in [0.29, 0.717) is 12.3 Å². The van der Waals surface area contributed by atoms with Crippen molar-refractivity contribution in [3.63, 3.8) is 0 Å². The van der Waals surface area contributed by atoms with Crippen LogP contribution in [0.2, 0.25) is 0 Å². The Balaban J connectivity index is 1.72. The number of nitrogens with zero attached hydrogens (tertiary/aromatic N) is 1. The molecule has 3 rings (SSSR count). The van der Waals surface area contributed by atoms with Crippen LogP contribution in [0.15, 0.2) is 42.5 Å². The molecule has 1 saturated heterocycles. The van der Waals surface area contributed by atoms with Gasteiger partial charge in [-0.2, -0.15) is 0 Å². The molecule has 130 valence electrons. The quantitative estimate of drug-likeness (QED) is 0.629. The lowest BCUT2D eigenvalue weighted by atomic mass is 10.1. The van der Waals surface area contributed by atoms with Crippen LogP contribution in [0.1, 0.15) is 30.0 Å². The summed E-state index contributed by atoms with van der Waals surface area (Å²) in [4.78, 5) is 26.6. The van der Waals surface area contributed by atoms with E-state index in [0.717, 1.165) is 23.2 Å². The maximum Gasteiger partial charge on any atom is 0.316 e. The first-order valence-electron chi connectivity index (χ1n) is 8.66. The molecule has 25 heavy (non-hydrogen) atoms. The van der Waals surface area contributed by atoms with Gasteiger partial charge in [-0.3, -0.25) is 9.59 Å². The average molecular weight is 337 g/mol. The SMILES string of the molecule is CCc1ccc(N2C[C@H](C(=O)Oc3c(C)cccc3C)CC2=O)cc1. The zero-order valence-electron chi connectivity index (χ0n) is 14.9. The van der Waals surface area contributed by atoms with Crippen molar-refractivity contribution >= 4 is 17.6 Å². The topological polar surface area (TPSA) is 46.6 Å². The Morgan fingerprint density at radius 1 is 1.12 bits per heavy atom. The monoisotopic (exact) mass is 337 g/mol. The zero-order valence-corrected chi connectivity index (χ0v) is 14.9. The summed E-state index contributed by atoms with van der Waals surface area (Å²) in [6, 6.07) is 13.7. The third kappa shape index (κ3) is 3.58. The fourth-order valence-corrected chi connectivity index (χ4v) is 3.17. The second-order valence-electron chi connectivity index (χ2n) is 6.57. The number of carbonyl (C=O) groups is 2. The number of esters is 1. The fraction of sp³-hybridized carbons (Fsp3) is 0.333. The molecular weight excluding hydrogens is 314 g/mol. The van der Waals surface area contributed by atoms with Gasteiger partial charge < -0.3 is 9.64 Å². The van der Waals surface area contributed by atoms with Crippen LogP contribution in [-0.2, 0) is 16.0 Å². The predicted molar refractivity (Wildman–Crippen MR) is 97.8 cm³/mol. The molecule has 1 fully saturated rings. The first-order valence-corrected chi connectivity index (χ1v) is 8.66. The highest BCUT2D eigenvalue weighted by molar-refractivity contribution is 5.99. The highest BCUT2D eigenvalue weighted by atomic mass is 16.5. The highest BCUT2D eigenvalue weighted by Gasteiger charge is 2.36. The summed E-state index contributed by atoms with van der Waals surface area (Å²) < 4.78 is 5.61. The van der Waals surface area contributed by atoms with Crippen molar-refractivity contribution in [1.29, 1.82) is 0 Å². The summed E-state index contributed by atoms with van der Waals surface area (Å²) in [6.45, 7) is 6.29. The van der Waals surface area contributed by atoms with E-state index in [1.165, 1.54) is 5.56 Å². The maximum atomic E-state index is 12.5. The molecule has 2 aromatic carbocycles. The zero-order chi connectivity index (χ0) is 18.0. The van der Waals surface area contributed by atoms with E-state index in [1.807, 2.05) is 56.3 Å². The van der Waals surface area contributed by atoms with Gasteiger partial charge in [-0.05, 0) is 49.1 Å². The molecular formula is C21H23NO3. The molecule has 0 spiro atoms. The van der Waals surface area contributed by atoms with Gasteiger partial charge in [0, 0.05) is 18.7 Å². The van der Waals surface area contributed by atoms with Crippen molar-refractivity contribution < 1.29 is 14.3 Å². The summed E-state index contributed by atoms with van der Waals surface area (Å²) in [5, 5.41) is 0. The minimum atomic E-state index is -0.433. The Morgan fingerprint density at radius 2 is 1.76 bits per heavy atom. The standard InChI is InChI=1S/C21H23NO3/c1-4-16-8-10-18(11-9-16)22-13-17(12-19(22)23)21(24)25-20-14(2)6-5-7-15(20)3/h5-11,17H,4,12-13H2,1-3H3/t17-/m1/s1. The molecule has 0 aromatic heterocycles. The van der Waals surface area contributed by atoms with E-state index in [-0.39, 0.29) is 18.3 Å². The fourth-order valence-electron chi connectivity index (χ4n) is 3.17. The van der Waals surface area contributed by atoms with Crippen LogP contribution in [0.3, 0.4) is 0 Å². The molecule has 4 heteroatoms. The van der Waals surface area contributed by atoms with Crippen molar-refractivity contribution in [3.8, 4) is 5.75 Å². The minimum absolute atomic E-state index is 0.0345. The molecule has 0 radical (unpaired) electrons. The molecule has 0 unspecified atom stereocenters. The number of rotatable bonds is 4. The summed E-state index contributed by atoms with van der Waals surface area (Å²) in [5.41, 5.74) is 3.90. The van der Waals surface area contributed by atoms with E-state index in [4.69, 9.17) is 4.74 Å². The van der Waals surface area contributed by atoms with Crippen LogP contribution in [0.5, 0.6) is 5.75 Å². The number of anilines is 1. The number of aryl methyl sites for hydroxylation is 3. The Hall–Kier alpha value is -2.62. The van der Waals surface area contributed by atoms with Crippen LogP contribution < -0.4 is 9.64 Å². The Labute approximate surface area is 148 Å². The van der Waals surface area contributed by atoms with Gasteiger partial charge in [0.15, 0.2) is 0 Å². The number of carbonyl (C=O) groups excluding carboxylic acids is 2. The summed E-state index contributed by atoms with van der Waals surface area (Å²) in [6.07, 6.45) is 1.15. The third-order valence-corrected chi connectivity index (χ3v) is 4.73. The van der Waals surface area contributed by atoms with Crippen LogP contribution >= 0.6 is 0 Å². The van der Waals surface area contributed by atoms with Crippen LogP contribution in [0.4, 0.5) is 5.69 Å². The number of hydrogen-bond donors (Lipinski definition) is 0. The van der Waals surface area contributed by atoms with Gasteiger partial charge in [-0.1, -0.05) is 37.3 Å². The van der Waals surface area contributed by atoms with Gasteiger partial charge in [0.25, 0.3) is 0 Å². The van der Waals surface area contributed by atoms with Crippen LogP contribution in [-0.4, -0.2) is 18.4 Å². The average Bonchev–Trinajstić information content (AvgIpc) is 3.00. The summed E-state index contributed by atoms with van der Waals surface area (Å²) in [5.74, 6) is -0.200. The Kier molecular flexibility index (Phi) is 4.88. The summed E-state index contributed by atoms with van der Waals surface area (Å²) >= 11 is 0. The number of amides is 1. The second kappa shape index (κ2) is 7.09. The molecule has 1 aliphatic rings. The maximum absolute atomic E-state index is 12.5. The lowest BCUT2D eigenvalue weighted by Gasteiger charge is -2.17. The Morgan fingerprint density at radius 3 is 2.36 bits per heavy atom. The molecule has 4 nitrogen and oxygen atoms in total. The molecule has 0 saturated carbocycles. The first-order chi connectivity index (χ1) is 12.0. The lowest BCUT2D eigenvalue weighted by Crippen LogP contribution is -2.27. The molecule has 0 aliphatic carbocycles.